The average molecular weight is 242 g/mol. The normalized spacial score (nSPS) is 25.4. The second-order valence-corrected chi connectivity index (χ2v) is 4.87. The zero-order valence-corrected chi connectivity index (χ0v) is 10.0. The summed E-state index contributed by atoms with van der Waals surface area (Å²) in [5.74, 6) is 1.31. The highest BCUT2D eigenvalue weighted by Crippen LogP contribution is 2.26. The summed E-state index contributed by atoms with van der Waals surface area (Å²) in [5, 5.41) is 3.40. The number of aromatic nitrogens is 2. The predicted octanol–water partition coefficient (Wildman–Crippen LogP) is 2.41. The maximum atomic E-state index is 11.3. The Balaban J connectivity index is 2.04. The second-order valence-electron chi connectivity index (χ2n) is 4.50. The number of hydrogen-bond acceptors (Lipinski definition) is 3. The molecular weight excluding hydrogens is 226 g/mol. The van der Waals surface area contributed by atoms with Crippen molar-refractivity contribution in [3.05, 3.63) is 21.7 Å². The van der Waals surface area contributed by atoms with Crippen molar-refractivity contribution in [2.45, 2.75) is 38.6 Å². The molecule has 0 atom stereocenters. The van der Waals surface area contributed by atoms with Crippen molar-refractivity contribution in [1.29, 1.82) is 0 Å². The lowest BCUT2D eigenvalue weighted by Gasteiger charge is -2.27. The molecule has 0 saturated heterocycles. The van der Waals surface area contributed by atoms with Crippen molar-refractivity contribution in [2.75, 3.05) is 5.32 Å². The Hall–Kier alpha value is -1.03. The fraction of sp³-hybridized carbons (Fsp3) is 0.636. The van der Waals surface area contributed by atoms with Gasteiger partial charge in [-0.05, 0) is 31.6 Å². The minimum atomic E-state index is -0.289. The molecule has 1 fully saturated rings. The Bertz CT molecular complexity index is 410. The summed E-state index contributed by atoms with van der Waals surface area (Å²) < 4.78 is 0. The molecule has 2 rings (SSSR count). The van der Waals surface area contributed by atoms with Gasteiger partial charge in [0.25, 0.3) is 5.56 Å². The van der Waals surface area contributed by atoms with Crippen LogP contribution in [0, 0.1) is 5.92 Å². The van der Waals surface area contributed by atoms with Crippen molar-refractivity contribution < 1.29 is 0 Å². The van der Waals surface area contributed by atoms with E-state index in [1.807, 2.05) is 0 Å². The molecule has 1 aliphatic rings. The molecule has 1 aliphatic carbocycles. The first-order valence-electron chi connectivity index (χ1n) is 5.66. The number of nitrogens with one attached hydrogen (secondary N) is 2. The fourth-order valence-electron chi connectivity index (χ4n) is 2.08. The number of halogens is 1. The van der Waals surface area contributed by atoms with E-state index in [9.17, 15) is 4.79 Å². The van der Waals surface area contributed by atoms with Gasteiger partial charge in [-0.1, -0.05) is 18.5 Å². The zero-order chi connectivity index (χ0) is 11.5. The third kappa shape index (κ3) is 2.55. The summed E-state index contributed by atoms with van der Waals surface area (Å²) in [4.78, 5) is 17.8. The number of rotatable bonds is 2. The van der Waals surface area contributed by atoms with Gasteiger partial charge in [-0.15, -0.1) is 0 Å². The highest BCUT2D eigenvalue weighted by molar-refractivity contribution is 6.32. The quantitative estimate of drug-likeness (QED) is 0.836. The van der Waals surface area contributed by atoms with Crippen LogP contribution in [-0.2, 0) is 0 Å². The fourth-order valence-corrected chi connectivity index (χ4v) is 2.24. The highest BCUT2D eigenvalue weighted by atomic mass is 35.5. The molecule has 88 valence electrons. The third-order valence-corrected chi connectivity index (χ3v) is 3.50. The summed E-state index contributed by atoms with van der Waals surface area (Å²) in [5.41, 5.74) is -0.289. The lowest BCUT2D eigenvalue weighted by Crippen LogP contribution is -2.26. The number of aromatic amines is 1. The maximum absolute atomic E-state index is 11.3. The summed E-state index contributed by atoms with van der Waals surface area (Å²) in [6, 6.07) is 0.392. The Morgan fingerprint density at radius 2 is 2.12 bits per heavy atom. The van der Waals surface area contributed by atoms with Crippen LogP contribution in [0.5, 0.6) is 0 Å². The van der Waals surface area contributed by atoms with Crippen LogP contribution in [0.3, 0.4) is 0 Å². The van der Waals surface area contributed by atoms with Gasteiger partial charge in [0.1, 0.15) is 5.02 Å². The standard InChI is InChI=1S/C11H16ClN3O/c1-7-2-4-8(5-3-7)15-10-9(12)11(16)14-6-13-10/h6-8H,2-5H2,1H3,(H2,13,14,15,16). The molecule has 0 aromatic carbocycles. The first-order chi connectivity index (χ1) is 7.66. The Morgan fingerprint density at radius 3 is 2.81 bits per heavy atom. The zero-order valence-electron chi connectivity index (χ0n) is 9.29. The van der Waals surface area contributed by atoms with Crippen molar-refractivity contribution in [3.63, 3.8) is 0 Å². The van der Waals surface area contributed by atoms with Gasteiger partial charge in [0, 0.05) is 6.04 Å². The molecule has 4 nitrogen and oxygen atoms in total. The summed E-state index contributed by atoms with van der Waals surface area (Å²) >= 11 is 5.87. The second kappa shape index (κ2) is 4.87. The van der Waals surface area contributed by atoms with Crippen LogP contribution in [0.4, 0.5) is 5.82 Å². The van der Waals surface area contributed by atoms with Gasteiger partial charge in [0.2, 0.25) is 0 Å². The van der Waals surface area contributed by atoms with Gasteiger partial charge in [0.05, 0.1) is 6.33 Å². The van der Waals surface area contributed by atoms with Gasteiger partial charge in [-0.2, -0.15) is 0 Å². The average Bonchev–Trinajstić information content (AvgIpc) is 2.28. The van der Waals surface area contributed by atoms with E-state index in [1.165, 1.54) is 19.2 Å². The molecule has 0 unspecified atom stereocenters. The van der Waals surface area contributed by atoms with Gasteiger partial charge in [-0.3, -0.25) is 4.79 Å². The van der Waals surface area contributed by atoms with Crippen LogP contribution in [0.25, 0.3) is 0 Å². The van der Waals surface area contributed by atoms with Gasteiger partial charge in [0.15, 0.2) is 5.82 Å². The molecule has 0 spiro atoms. The van der Waals surface area contributed by atoms with Gasteiger partial charge >= 0.3 is 0 Å². The number of anilines is 1. The van der Waals surface area contributed by atoms with Crippen LogP contribution < -0.4 is 10.9 Å². The highest BCUT2D eigenvalue weighted by Gasteiger charge is 2.19. The number of nitrogens with zero attached hydrogens (tertiary/aromatic N) is 1. The molecule has 16 heavy (non-hydrogen) atoms. The molecule has 1 saturated carbocycles. The molecule has 0 radical (unpaired) electrons. The van der Waals surface area contributed by atoms with Crippen molar-refractivity contribution in [2.24, 2.45) is 5.92 Å². The molecular formula is C11H16ClN3O. The van der Waals surface area contributed by atoms with E-state index in [4.69, 9.17) is 11.6 Å². The summed E-state index contributed by atoms with van der Waals surface area (Å²) in [7, 11) is 0. The van der Waals surface area contributed by atoms with E-state index in [0.29, 0.717) is 11.9 Å². The largest absolute Gasteiger partial charge is 0.366 e. The van der Waals surface area contributed by atoms with E-state index in [0.717, 1.165) is 18.8 Å². The first kappa shape index (κ1) is 11.5. The molecule has 0 bridgehead atoms. The van der Waals surface area contributed by atoms with Crippen molar-refractivity contribution in [3.8, 4) is 0 Å². The molecule has 1 aromatic heterocycles. The molecule has 5 heteroatoms. The van der Waals surface area contributed by atoms with E-state index in [2.05, 4.69) is 22.2 Å². The van der Waals surface area contributed by atoms with Crippen molar-refractivity contribution >= 4 is 17.4 Å². The molecule has 0 aliphatic heterocycles. The first-order valence-corrected chi connectivity index (χ1v) is 6.04. The summed E-state index contributed by atoms with van der Waals surface area (Å²) in [6.07, 6.45) is 6.05. The Labute approximate surface area is 99.4 Å². The van der Waals surface area contributed by atoms with Crippen LogP contribution in [-0.4, -0.2) is 16.0 Å². The molecule has 0 amide bonds. The van der Waals surface area contributed by atoms with Crippen LogP contribution in [0.1, 0.15) is 32.6 Å². The lowest BCUT2D eigenvalue weighted by molar-refractivity contribution is 0.361. The van der Waals surface area contributed by atoms with Crippen LogP contribution >= 0.6 is 11.6 Å². The Kier molecular flexibility index (Phi) is 3.49. The molecule has 2 N–H and O–H groups in total. The smallest absolute Gasteiger partial charge is 0.271 e. The van der Waals surface area contributed by atoms with E-state index >= 15 is 0 Å². The van der Waals surface area contributed by atoms with E-state index in [1.54, 1.807) is 0 Å². The minimum Gasteiger partial charge on any atom is -0.366 e. The van der Waals surface area contributed by atoms with Crippen LogP contribution in [0.15, 0.2) is 11.1 Å². The minimum absolute atomic E-state index is 0.154. The predicted molar refractivity (Wildman–Crippen MR) is 64.9 cm³/mol. The SMILES string of the molecule is CC1CCC(Nc2nc[nH]c(=O)c2Cl)CC1. The summed E-state index contributed by atoms with van der Waals surface area (Å²) in [6.45, 7) is 2.27. The Morgan fingerprint density at radius 1 is 1.44 bits per heavy atom. The van der Waals surface area contributed by atoms with Crippen LogP contribution in [0.2, 0.25) is 5.02 Å². The monoisotopic (exact) mass is 241 g/mol. The van der Waals surface area contributed by atoms with E-state index in [-0.39, 0.29) is 10.6 Å². The molecule has 1 heterocycles. The molecule has 1 aromatic rings. The number of H-pyrrole nitrogens is 1. The van der Waals surface area contributed by atoms with Gasteiger partial charge in [-0.25, -0.2) is 4.98 Å². The lowest BCUT2D eigenvalue weighted by atomic mass is 9.87. The van der Waals surface area contributed by atoms with Crippen molar-refractivity contribution in [1.82, 2.24) is 9.97 Å². The third-order valence-electron chi connectivity index (χ3n) is 3.15. The number of hydrogen-bond donors (Lipinski definition) is 2. The van der Waals surface area contributed by atoms with Gasteiger partial charge < -0.3 is 10.3 Å². The topological polar surface area (TPSA) is 57.8 Å². The maximum Gasteiger partial charge on any atom is 0.271 e. The van der Waals surface area contributed by atoms with E-state index < -0.39 is 0 Å².